The number of piperidine rings is 1. The van der Waals surface area contributed by atoms with E-state index in [9.17, 15) is 14.0 Å². The molecule has 4 N–H and O–H groups in total. The summed E-state index contributed by atoms with van der Waals surface area (Å²) in [4.78, 5) is 26.4. The number of nitrogens with two attached hydrogens (primary N) is 2. The van der Waals surface area contributed by atoms with Gasteiger partial charge in [-0.2, -0.15) is 0 Å². The first-order chi connectivity index (χ1) is 20.7. The van der Waals surface area contributed by atoms with Crippen molar-refractivity contribution in [1.82, 2.24) is 9.47 Å². The molecular formula is C34H32ClFN4O3. The molecular weight excluding hydrogens is 567 g/mol. The molecule has 220 valence electrons. The van der Waals surface area contributed by atoms with Crippen molar-refractivity contribution >= 4 is 45.3 Å². The first kappa shape index (κ1) is 27.7. The van der Waals surface area contributed by atoms with Crippen LogP contribution in [0.4, 0.5) is 4.39 Å². The van der Waals surface area contributed by atoms with Gasteiger partial charge in [0, 0.05) is 46.5 Å². The smallest absolute Gasteiger partial charge is 0.254 e. The van der Waals surface area contributed by atoms with Crippen LogP contribution in [0.2, 0.25) is 5.02 Å². The van der Waals surface area contributed by atoms with Gasteiger partial charge in [0.05, 0.1) is 22.8 Å². The number of primary amides is 1. The van der Waals surface area contributed by atoms with Crippen LogP contribution in [0.1, 0.15) is 45.5 Å². The van der Waals surface area contributed by atoms with Gasteiger partial charge < -0.3 is 25.4 Å². The molecule has 9 heteroatoms. The number of carbonyl (C=O) groups excluding carboxylic acids is 2. The number of halogens is 2. The average Bonchev–Trinajstić information content (AvgIpc) is 3.65. The molecule has 0 spiro atoms. The molecule has 2 aliphatic rings. The van der Waals surface area contributed by atoms with Crippen molar-refractivity contribution < 1.29 is 18.4 Å². The maximum atomic E-state index is 14.1. The first-order valence-electron chi connectivity index (χ1n) is 14.6. The lowest BCUT2D eigenvalue weighted by molar-refractivity contribution is 0.0606. The summed E-state index contributed by atoms with van der Waals surface area (Å²) >= 11 is 6.36. The van der Waals surface area contributed by atoms with E-state index in [2.05, 4.69) is 22.8 Å². The number of nitrogens with zero attached hydrogens (tertiary/aromatic N) is 2. The van der Waals surface area contributed by atoms with Gasteiger partial charge in [-0.25, -0.2) is 4.39 Å². The molecule has 1 saturated carbocycles. The van der Waals surface area contributed by atoms with E-state index in [1.807, 2.05) is 25.1 Å². The third kappa shape index (κ3) is 5.08. The first-order valence-corrected chi connectivity index (χ1v) is 15.0. The van der Waals surface area contributed by atoms with Crippen molar-refractivity contribution in [3.8, 4) is 22.6 Å². The van der Waals surface area contributed by atoms with Crippen LogP contribution < -0.4 is 11.5 Å². The Morgan fingerprint density at radius 2 is 1.79 bits per heavy atom. The van der Waals surface area contributed by atoms with Crippen LogP contribution in [0.15, 0.2) is 65.1 Å². The zero-order valence-corrected chi connectivity index (χ0v) is 24.5. The molecule has 2 amide bonds. The number of carbonyl (C=O) groups is 2. The van der Waals surface area contributed by atoms with Gasteiger partial charge in [-0.15, -0.1) is 0 Å². The van der Waals surface area contributed by atoms with Gasteiger partial charge in [0.2, 0.25) is 5.91 Å². The number of hydrogen-bond donors (Lipinski definition) is 2. The summed E-state index contributed by atoms with van der Waals surface area (Å²) in [6, 6.07) is 18.8. The average molecular weight is 599 g/mol. The maximum absolute atomic E-state index is 14.1. The van der Waals surface area contributed by atoms with Crippen LogP contribution in [0.5, 0.6) is 0 Å². The van der Waals surface area contributed by atoms with Gasteiger partial charge in [-0.1, -0.05) is 35.9 Å². The van der Waals surface area contributed by atoms with Gasteiger partial charge >= 0.3 is 0 Å². The number of furan rings is 1. The van der Waals surface area contributed by atoms with E-state index in [4.69, 9.17) is 27.5 Å². The Hall–Kier alpha value is -4.14. The third-order valence-corrected chi connectivity index (χ3v) is 9.06. The maximum Gasteiger partial charge on any atom is 0.254 e. The molecule has 5 aromatic rings. The quantitative estimate of drug-likeness (QED) is 0.227. The fraction of sp³-hybridized carbons (Fsp3) is 0.294. The van der Waals surface area contributed by atoms with Crippen LogP contribution >= 0.6 is 11.6 Å². The SMILES string of the molecule is Cc1c(-c2cc3ccc(-c4ccc(C(N)=O)c(Cl)c4)cc3n2CC2CC2)oc2cc(C(=O)N3C[C@H](N)C[C@@H](F)C3)ccc12. The molecule has 0 unspecified atom stereocenters. The summed E-state index contributed by atoms with van der Waals surface area (Å²) < 4.78 is 23.0. The molecule has 0 radical (unpaired) electrons. The number of alkyl halides is 1. The van der Waals surface area contributed by atoms with Crippen molar-refractivity contribution in [2.24, 2.45) is 17.4 Å². The van der Waals surface area contributed by atoms with E-state index in [-0.39, 0.29) is 24.9 Å². The van der Waals surface area contributed by atoms with E-state index in [0.717, 1.165) is 51.0 Å². The lowest BCUT2D eigenvalue weighted by Gasteiger charge is -2.33. The van der Waals surface area contributed by atoms with Crippen LogP contribution in [-0.2, 0) is 6.54 Å². The van der Waals surface area contributed by atoms with Crippen molar-refractivity contribution in [1.29, 1.82) is 0 Å². The van der Waals surface area contributed by atoms with Crippen LogP contribution in [0, 0.1) is 12.8 Å². The Balaban J connectivity index is 1.29. The Bertz CT molecular complexity index is 1910. The second-order valence-corrected chi connectivity index (χ2v) is 12.4. The van der Waals surface area contributed by atoms with Crippen molar-refractivity contribution in [3.05, 3.63) is 82.4 Å². The number of aryl methyl sites for hydroxylation is 1. The number of aromatic nitrogens is 1. The lowest BCUT2D eigenvalue weighted by Crippen LogP contribution is -2.50. The highest BCUT2D eigenvalue weighted by atomic mass is 35.5. The molecule has 1 aliphatic heterocycles. The highest BCUT2D eigenvalue weighted by Crippen LogP contribution is 2.41. The fourth-order valence-corrected chi connectivity index (χ4v) is 6.57. The third-order valence-electron chi connectivity index (χ3n) is 8.75. The van der Waals surface area contributed by atoms with Gasteiger partial charge in [0.1, 0.15) is 11.8 Å². The summed E-state index contributed by atoms with van der Waals surface area (Å²) in [5.41, 5.74) is 17.7. The minimum absolute atomic E-state index is 0.0533. The summed E-state index contributed by atoms with van der Waals surface area (Å²) in [5.74, 6) is 0.563. The topological polar surface area (TPSA) is 107 Å². The van der Waals surface area contributed by atoms with Crippen molar-refractivity contribution in [3.63, 3.8) is 0 Å². The summed E-state index contributed by atoms with van der Waals surface area (Å²) in [6.07, 6.45) is 1.53. The Morgan fingerprint density at radius 1 is 1.02 bits per heavy atom. The lowest BCUT2D eigenvalue weighted by atomic mass is 10.0. The molecule has 1 saturated heterocycles. The monoisotopic (exact) mass is 598 g/mol. The number of amides is 2. The summed E-state index contributed by atoms with van der Waals surface area (Å²) in [6.45, 7) is 3.29. The Labute approximate surface area is 253 Å². The zero-order chi connectivity index (χ0) is 30.0. The molecule has 7 nitrogen and oxygen atoms in total. The van der Waals surface area contributed by atoms with E-state index >= 15 is 0 Å². The molecule has 3 aromatic carbocycles. The Kier molecular flexibility index (Phi) is 6.78. The molecule has 2 atom stereocenters. The number of fused-ring (bicyclic) bond motifs is 2. The highest BCUT2D eigenvalue weighted by molar-refractivity contribution is 6.34. The molecule has 2 aromatic heterocycles. The van der Waals surface area contributed by atoms with Crippen molar-refractivity contribution in [2.45, 2.75) is 44.9 Å². The minimum Gasteiger partial charge on any atom is -0.454 e. The number of hydrogen-bond acceptors (Lipinski definition) is 4. The van der Waals surface area contributed by atoms with Gasteiger partial charge in [0.25, 0.3) is 5.91 Å². The number of rotatable bonds is 6. The summed E-state index contributed by atoms with van der Waals surface area (Å²) in [5, 5.41) is 2.33. The molecule has 0 bridgehead atoms. The molecule has 1 aliphatic carbocycles. The van der Waals surface area contributed by atoms with E-state index < -0.39 is 12.1 Å². The second-order valence-electron chi connectivity index (χ2n) is 12.0. The molecule has 43 heavy (non-hydrogen) atoms. The van der Waals surface area contributed by atoms with Crippen molar-refractivity contribution in [2.75, 3.05) is 13.1 Å². The number of benzene rings is 3. The fourth-order valence-electron chi connectivity index (χ4n) is 6.30. The largest absolute Gasteiger partial charge is 0.454 e. The highest BCUT2D eigenvalue weighted by Gasteiger charge is 2.30. The van der Waals surface area contributed by atoms with Crippen LogP contribution in [0.3, 0.4) is 0 Å². The standard InChI is InChI=1S/C34H32ClFN4O3/c1-18-26-8-7-23(34(42)39-16-24(36)14-25(37)17-39)13-31(26)43-32(18)30-12-22-5-4-21(11-29(22)40(30)15-19-2-3-19)20-6-9-27(33(38)41)28(35)10-20/h4-13,19,24-25H,2-3,14-17,37H2,1H3,(H2,38,41)/t24-,25-/m1/s1. The predicted molar refractivity (Wildman–Crippen MR) is 167 cm³/mol. The Morgan fingerprint density at radius 3 is 2.51 bits per heavy atom. The zero-order valence-electron chi connectivity index (χ0n) is 23.8. The predicted octanol–water partition coefficient (Wildman–Crippen LogP) is 6.70. The van der Waals surface area contributed by atoms with E-state index in [0.29, 0.717) is 34.2 Å². The normalized spacial score (nSPS) is 18.9. The molecule has 2 fully saturated rings. The molecule has 3 heterocycles. The summed E-state index contributed by atoms with van der Waals surface area (Å²) in [7, 11) is 0. The van der Waals surface area contributed by atoms with Crippen LogP contribution in [0.25, 0.3) is 44.5 Å². The molecule has 7 rings (SSSR count). The van der Waals surface area contributed by atoms with Gasteiger partial charge in [-0.3, -0.25) is 9.59 Å². The van der Waals surface area contributed by atoms with Crippen LogP contribution in [-0.4, -0.2) is 46.6 Å². The van der Waals surface area contributed by atoms with E-state index in [1.165, 1.54) is 17.7 Å². The number of likely N-dealkylation sites (tertiary alicyclic amines) is 1. The minimum atomic E-state index is -1.12. The van der Waals surface area contributed by atoms with Gasteiger partial charge in [-0.05, 0) is 79.6 Å². The van der Waals surface area contributed by atoms with Gasteiger partial charge in [0.15, 0.2) is 5.76 Å². The van der Waals surface area contributed by atoms with E-state index in [1.54, 1.807) is 24.3 Å². The second kappa shape index (κ2) is 10.5.